The van der Waals surface area contributed by atoms with E-state index < -0.39 is 20.0 Å². The van der Waals surface area contributed by atoms with E-state index in [0.29, 0.717) is 23.9 Å². The highest BCUT2D eigenvalue weighted by atomic mass is 31.2. The molecule has 74 heavy (non-hydrogen) atoms. The number of aliphatic hydroxyl groups is 1. The molecule has 0 aliphatic carbocycles. The number of rotatable bonds is 56. The molecular weight excluding hydrogens is 936 g/mol. The van der Waals surface area contributed by atoms with Crippen molar-refractivity contribution in [3.05, 3.63) is 85.1 Å². The number of quaternary nitrogens is 1. The molecule has 0 aromatic rings. The summed E-state index contributed by atoms with van der Waals surface area (Å²) in [7, 11) is 1.62. The number of unbranched alkanes of at least 4 members (excludes halogenated alkanes) is 29. The van der Waals surface area contributed by atoms with E-state index in [-0.39, 0.29) is 19.1 Å². The molecule has 0 heterocycles. The maximum absolute atomic E-state index is 13.0. The minimum absolute atomic E-state index is 0.0740. The average molecular weight is 1060 g/mol. The van der Waals surface area contributed by atoms with E-state index in [1.807, 2.05) is 21.1 Å². The fourth-order valence-corrected chi connectivity index (χ4v) is 9.59. The third-order valence-corrected chi connectivity index (χ3v) is 14.6. The van der Waals surface area contributed by atoms with E-state index in [1.165, 1.54) is 161 Å². The van der Waals surface area contributed by atoms with Gasteiger partial charge in [-0.15, -0.1) is 0 Å². The summed E-state index contributed by atoms with van der Waals surface area (Å²) in [6, 6.07) is -0.761. The summed E-state index contributed by atoms with van der Waals surface area (Å²) in [5, 5.41) is 14.0. The fraction of sp³-hybridized carbons (Fsp3) is 0.769. The van der Waals surface area contributed by atoms with E-state index in [2.05, 4.69) is 104 Å². The normalized spacial score (nSPS) is 14.4. The molecule has 3 N–H and O–H groups in total. The van der Waals surface area contributed by atoms with E-state index in [1.54, 1.807) is 0 Å². The van der Waals surface area contributed by atoms with Crippen LogP contribution >= 0.6 is 7.82 Å². The molecule has 430 valence electrons. The van der Waals surface area contributed by atoms with Gasteiger partial charge in [-0.1, -0.05) is 279 Å². The van der Waals surface area contributed by atoms with Crippen molar-refractivity contribution in [3.63, 3.8) is 0 Å². The predicted octanol–water partition coefficient (Wildman–Crippen LogP) is 19.2. The van der Waals surface area contributed by atoms with Crippen LogP contribution < -0.4 is 5.32 Å². The van der Waals surface area contributed by atoms with Gasteiger partial charge in [0.25, 0.3) is 0 Å². The number of nitrogens with one attached hydrogen (secondary N) is 1. The van der Waals surface area contributed by atoms with Crippen LogP contribution in [0, 0.1) is 0 Å². The minimum atomic E-state index is -4.32. The van der Waals surface area contributed by atoms with Gasteiger partial charge in [-0.2, -0.15) is 0 Å². The first kappa shape index (κ1) is 71.7. The molecule has 3 atom stereocenters. The standard InChI is InChI=1S/C65H119N2O6P/c1-6-8-10-12-14-16-18-19-20-21-22-23-24-25-26-27-28-29-30-31-32-33-34-35-36-37-38-39-40-41-42-43-44-45-46-47-49-51-53-55-57-59-65(69)66-63(62-73-74(70,71)72-61-60-67(3,4)5)64(68)58-56-54-52-50-48-17-15-13-11-9-7-2/h8,10,14,16,19-20,22-23,25-26,28-29,31-32,63-64,68H,6-7,9,11-13,15,17-18,21,24,27,30,33-62H2,1-5H3,(H-,66,69,70,71)/p+1/b10-8-,16-14-,20-19-,23-22-,26-25-,29-28-,32-31-. The zero-order valence-corrected chi connectivity index (χ0v) is 50.0. The summed E-state index contributed by atoms with van der Waals surface area (Å²) in [5.74, 6) is -0.144. The molecule has 0 aliphatic heterocycles. The minimum Gasteiger partial charge on any atom is -0.391 e. The third kappa shape index (κ3) is 57.4. The average Bonchev–Trinajstić information content (AvgIpc) is 3.36. The van der Waals surface area contributed by atoms with Gasteiger partial charge in [0, 0.05) is 6.42 Å². The molecule has 0 bridgehead atoms. The molecule has 9 heteroatoms. The van der Waals surface area contributed by atoms with E-state index in [0.717, 1.165) is 83.5 Å². The summed E-state index contributed by atoms with van der Waals surface area (Å²) in [6.45, 7) is 4.77. The number of allylic oxidation sites excluding steroid dienone is 14. The highest BCUT2D eigenvalue weighted by Crippen LogP contribution is 2.43. The summed E-state index contributed by atoms with van der Waals surface area (Å²) < 4.78 is 23.7. The zero-order chi connectivity index (χ0) is 54.2. The number of hydrogen-bond acceptors (Lipinski definition) is 5. The molecule has 0 spiro atoms. The van der Waals surface area contributed by atoms with Crippen LogP contribution in [0.4, 0.5) is 0 Å². The fourth-order valence-electron chi connectivity index (χ4n) is 8.85. The van der Waals surface area contributed by atoms with E-state index in [4.69, 9.17) is 9.05 Å². The Hall–Kier alpha value is -2.32. The highest BCUT2D eigenvalue weighted by Gasteiger charge is 2.28. The Balaban J connectivity index is 3.88. The number of carbonyl (C=O) groups is 1. The van der Waals surface area contributed by atoms with Crippen molar-refractivity contribution in [2.45, 2.75) is 283 Å². The Kier molecular flexibility index (Phi) is 53.7. The first-order valence-electron chi connectivity index (χ1n) is 31.0. The molecule has 0 fully saturated rings. The van der Waals surface area contributed by atoms with Crippen LogP contribution in [0.15, 0.2) is 85.1 Å². The Labute approximate surface area is 458 Å². The second-order valence-electron chi connectivity index (χ2n) is 22.1. The topological polar surface area (TPSA) is 105 Å². The summed E-state index contributed by atoms with van der Waals surface area (Å²) in [5.41, 5.74) is 0. The van der Waals surface area contributed by atoms with Gasteiger partial charge >= 0.3 is 7.82 Å². The molecule has 0 rings (SSSR count). The number of carbonyl (C=O) groups excluding carboxylic acids is 1. The first-order valence-corrected chi connectivity index (χ1v) is 32.4. The van der Waals surface area contributed by atoms with Crippen LogP contribution in [0.3, 0.4) is 0 Å². The van der Waals surface area contributed by atoms with Crippen LogP contribution in [0.5, 0.6) is 0 Å². The number of likely N-dealkylation sites (N-methyl/N-ethyl adjacent to an activating group) is 1. The molecule has 1 amide bonds. The van der Waals surface area contributed by atoms with Crippen molar-refractivity contribution in [2.24, 2.45) is 0 Å². The molecule has 0 saturated heterocycles. The maximum Gasteiger partial charge on any atom is 0.472 e. The van der Waals surface area contributed by atoms with Crippen molar-refractivity contribution < 1.29 is 32.9 Å². The molecule has 0 saturated carbocycles. The third-order valence-electron chi connectivity index (χ3n) is 13.7. The molecule has 0 aromatic carbocycles. The second kappa shape index (κ2) is 55.4. The number of phosphoric acid groups is 1. The van der Waals surface area contributed by atoms with Crippen molar-refractivity contribution in [1.29, 1.82) is 0 Å². The number of amides is 1. The second-order valence-corrected chi connectivity index (χ2v) is 23.5. The van der Waals surface area contributed by atoms with Crippen LogP contribution in [-0.4, -0.2) is 73.4 Å². The lowest BCUT2D eigenvalue weighted by Crippen LogP contribution is -2.46. The van der Waals surface area contributed by atoms with Gasteiger partial charge in [-0.3, -0.25) is 13.8 Å². The quantitative estimate of drug-likeness (QED) is 0.0243. The highest BCUT2D eigenvalue weighted by molar-refractivity contribution is 7.47. The Morgan fingerprint density at radius 3 is 1.19 bits per heavy atom. The molecule has 3 unspecified atom stereocenters. The van der Waals surface area contributed by atoms with Crippen LogP contribution in [0.25, 0.3) is 0 Å². The monoisotopic (exact) mass is 1060 g/mol. The number of aliphatic hydroxyl groups excluding tert-OH is 1. The van der Waals surface area contributed by atoms with Gasteiger partial charge < -0.3 is 19.8 Å². The number of phosphoric ester groups is 1. The summed E-state index contributed by atoms with van der Waals surface area (Å²) in [4.78, 5) is 23.3. The van der Waals surface area contributed by atoms with Crippen molar-refractivity contribution >= 4 is 13.7 Å². The van der Waals surface area contributed by atoms with Gasteiger partial charge in [0.05, 0.1) is 39.9 Å². The Bertz CT molecular complexity index is 1480. The molecule has 0 aliphatic rings. The lowest BCUT2D eigenvalue weighted by atomic mass is 10.0. The molecule has 0 radical (unpaired) electrons. The van der Waals surface area contributed by atoms with E-state index in [9.17, 15) is 19.4 Å². The van der Waals surface area contributed by atoms with Crippen LogP contribution in [0.2, 0.25) is 0 Å². The molecular formula is C65H120N2O6P+. The number of hydrogen-bond donors (Lipinski definition) is 3. The van der Waals surface area contributed by atoms with Gasteiger partial charge in [0.15, 0.2) is 0 Å². The van der Waals surface area contributed by atoms with E-state index >= 15 is 0 Å². The Morgan fingerprint density at radius 2 is 0.811 bits per heavy atom. The summed E-state index contributed by atoms with van der Waals surface area (Å²) in [6.07, 6.45) is 78.2. The predicted molar refractivity (Wildman–Crippen MR) is 323 cm³/mol. The van der Waals surface area contributed by atoms with Gasteiger partial charge in [0.1, 0.15) is 13.2 Å². The maximum atomic E-state index is 13.0. The van der Waals surface area contributed by atoms with Crippen molar-refractivity contribution in [1.82, 2.24) is 5.32 Å². The lowest BCUT2D eigenvalue weighted by molar-refractivity contribution is -0.870. The zero-order valence-electron chi connectivity index (χ0n) is 49.1. The van der Waals surface area contributed by atoms with Gasteiger partial charge in [-0.25, -0.2) is 4.57 Å². The van der Waals surface area contributed by atoms with Crippen molar-refractivity contribution in [2.75, 3.05) is 40.9 Å². The van der Waals surface area contributed by atoms with Crippen molar-refractivity contribution in [3.8, 4) is 0 Å². The van der Waals surface area contributed by atoms with Crippen LogP contribution in [-0.2, 0) is 18.4 Å². The molecule has 8 nitrogen and oxygen atoms in total. The molecule has 0 aromatic heterocycles. The van der Waals surface area contributed by atoms with Gasteiger partial charge in [-0.05, 0) is 70.6 Å². The summed E-state index contributed by atoms with van der Waals surface area (Å²) >= 11 is 0. The Morgan fingerprint density at radius 1 is 0.473 bits per heavy atom. The van der Waals surface area contributed by atoms with Crippen LogP contribution in [0.1, 0.15) is 271 Å². The SMILES string of the molecule is CC/C=C\C/C=C\C/C=C\C/C=C\C/C=C\C/C=C\C/C=C\CCCCCCCCCCCCCCCCCCCCCC(=O)NC(COP(=O)(O)OCC[N+](C)(C)C)C(O)CCCCCCCCCCCCC. The smallest absolute Gasteiger partial charge is 0.391 e. The largest absolute Gasteiger partial charge is 0.472 e. The number of nitrogens with zero attached hydrogens (tertiary/aromatic N) is 1. The first-order chi connectivity index (χ1) is 36.0. The lowest BCUT2D eigenvalue weighted by Gasteiger charge is -2.26. The van der Waals surface area contributed by atoms with Gasteiger partial charge in [0.2, 0.25) is 5.91 Å².